The largest absolute Gasteiger partial charge is 0.339 e. The number of carbonyl (C=O) groups excluding carboxylic acids is 1. The molecule has 0 aromatic carbocycles. The molecular weight excluding hydrogens is 248 g/mol. The second-order valence-corrected chi connectivity index (χ2v) is 6.77. The first kappa shape index (κ1) is 14.1. The van der Waals surface area contributed by atoms with E-state index in [2.05, 4.69) is 16.3 Å². The molecule has 0 aromatic heterocycles. The molecule has 1 aliphatic heterocycles. The van der Waals surface area contributed by atoms with Gasteiger partial charge in [0.2, 0.25) is 5.91 Å². The van der Waals surface area contributed by atoms with Crippen LogP contribution in [0.25, 0.3) is 0 Å². The van der Waals surface area contributed by atoms with Gasteiger partial charge in [-0.15, -0.1) is 0 Å². The van der Waals surface area contributed by atoms with E-state index in [1.807, 2.05) is 0 Å². The van der Waals surface area contributed by atoms with E-state index in [-0.39, 0.29) is 0 Å². The summed E-state index contributed by atoms with van der Waals surface area (Å²) in [7, 11) is 0. The van der Waals surface area contributed by atoms with Gasteiger partial charge >= 0.3 is 0 Å². The summed E-state index contributed by atoms with van der Waals surface area (Å²) < 4.78 is 0. The van der Waals surface area contributed by atoms with Crippen LogP contribution in [-0.2, 0) is 4.79 Å². The van der Waals surface area contributed by atoms with Gasteiger partial charge in [-0.2, -0.15) is 0 Å². The third-order valence-corrected chi connectivity index (χ3v) is 4.93. The summed E-state index contributed by atoms with van der Waals surface area (Å²) in [6, 6.07) is 0.564. The number of rotatable bonds is 5. The Kier molecular flexibility index (Phi) is 4.77. The van der Waals surface area contributed by atoms with Crippen molar-refractivity contribution >= 4 is 5.91 Å². The molecule has 1 unspecified atom stereocenters. The maximum atomic E-state index is 12.6. The molecule has 112 valence electrons. The van der Waals surface area contributed by atoms with E-state index >= 15 is 0 Å². The van der Waals surface area contributed by atoms with Crippen molar-refractivity contribution in [2.45, 2.75) is 63.8 Å². The van der Waals surface area contributed by atoms with Crippen molar-refractivity contribution in [1.29, 1.82) is 0 Å². The van der Waals surface area contributed by atoms with Gasteiger partial charge in [0.1, 0.15) is 0 Å². The van der Waals surface area contributed by atoms with Crippen LogP contribution in [0.3, 0.4) is 0 Å². The number of carbonyl (C=O) groups is 1. The first-order valence-corrected chi connectivity index (χ1v) is 8.51. The summed E-state index contributed by atoms with van der Waals surface area (Å²) >= 11 is 0. The van der Waals surface area contributed by atoms with E-state index in [0.29, 0.717) is 24.3 Å². The minimum atomic E-state index is 0.395. The molecule has 1 heterocycles. The highest BCUT2D eigenvalue weighted by molar-refractivity contribution is 5.79. The van der Waals surface area contributed by atoms with Crippen molar-refractivity contribution in [3.63, 3.8) is 0 Å². The molecular formula is C17H28N2O. The molecule has 3 rings (SSSR count). The second kappa shape index (κ2) is 6.75. The Morgan fingerprint density at radius 1 is 1.25 bits per heavy atom. The van der Waals surface area contributed by atoms with E-state index in [1.54, 1.807) is 0 Å². The average Bonchev–Trinajstić information content (AvgIpc) is 3.31. The molecule has 3 nitrogen and oxygen atoms in total. The number of amides is 1. The molecule has 1 saturated carbocycles. The molecule has 20 heavy (non-hydrogen) atoms. The smallest absolute Gasteiger partial charge is 0.226 e. The predicted octanol–water partition coefficient (Wildman–Crippen LogP) is 2.87. The van der Waals surface area contributed by atoms with Crippen LogP contribution < -0.4 is 5.32 Å². The fraction of sp³-hybridized carbons (Fsp3) is 0.824. The minimum absolute atomic E-state index is 0.395. The second-order valence-electron chi connectivity index (χ2n) is 6.77. The molecule has 2 aliphatic carbocycles. The Morgan fingerprint density at radius 3 is 2.80 bits per heavy atom. The van der Waals surface area contributed by atoms with E-state index in [1.165, 1.54) is 50.5 Å². The number of hydrogen-bond acceptors (Lipinski definition) is 2. The van der Waals surface area contributed by atoms with Crippen LogP contribution in [0.2, 0.25) is 0 Å². The molecule has 1 N–H and O–H groups in total. The van der Waals surface area contributed by atoms with Crippen LogP contribution in [0.15, 0.2) is 11.6 Å². The fourth-order valence-electron chi connectivity index (χ4n) is 3.56. The van der Waals surface area contributed by atoms with Crippen molar-refractivity contribution < 1.29 is 4.79 Å². The molecule has 1 amide bonds. The maximum Gasteiger partial charge on any atom is 0.226 e. The van der Waals surface area contributed by atoms with E-state index < -0.39 is 0 Å². The van der Waals surface area contributed by atoms with Gasteiger partial charge in [-0.25, -0.2) is 0 Å². The van der Waals surface area contributed by atoms with E-state index in [0.717, 1.165) is 26.1 Å². The van der Waals surface area contributed by atoms with Gasteiger partial charge in [0.15, 0.2) is 0 Å². The van der Waals surface area contributed by atoms with Gasteiger partial charge in [0.05, 0.1) is 0 Å². The van der Waals surface area contributed by atoms with Gasteiger partial charge in [-0.3, -0.25) is 4.79 Å². The zero-order valence-corrected chi connectivity index (χ0v) is 12.6. The van der Waals surface area contributed by atoms with Crippen molar-refractivity contribution in [3.05, 3.63) is 11.6 Å². The Labute approximate surface area is 122 Å². The highest BCUT2D eigenvalue weighted by Gasteiger charge is 2.34. The van der Waals surface area contributed by atoms with Crippen molar-refractivity contribution in [3.8, 4) is 0 Å². The molecule has 0 bridgehead atoms. The van der Waals surface area contributed by atoms with Crippen LogP contribution in [-0.4, -0.2) is 36.5 Å². The Bertz CT molecular complexity index is 367. The summed E-state index contributed by atoms with van der Waals surface area (Å²) in [5.74, 6) is 1.07. The normalized spacial score (nSPS) is 27.0. The summed E-state index contributed by atoms with van der Waals surface area (Å²) in [5.41, 5.74) is 1.40. The predicted molar refractivity (Wildman–Crippen MR) is 81.5 cm³/mol. The summed E-state index contributed by atoms with van der Waals surface area (Å²) in [6.45, 7) is 3.24. The van der Waals surface area contributed by atoms with Crippen LogP contribution in [0.4, 0.5) is 0 Å². The van der Waals surface area contributed by atoms with Gasteiger partial charge < -0.3 is 10.2 Å². The standard InChI is InChI=1S/C17H28N2O/c20-17(11-14-5-2-1-3-6-14)19(16-8-9-16)13-15-7-4-10-18-12-15/h5,15-16,18H,1-4,6-13H2. The number of nitrogens with zero attached hydrogens (tertiary/aromatic N) is 1. The maximum absolute atomic E-state index is 12.6. The summed E-state index contributed by atoms with van der Waals surface area (Å²) in [6.07, 6.45) is 12.9. The first-order valence-electron chi connectivity index (χ1n) is 8.51. The van der Waals surface area contributed by atoms with E-state index in [4.69, 9.17) is 0 Å². The lowest BCUT2D eigenvalue weighted by atomic mass is 9.95. The summed E-state index contributed by atoms with van der Waals surface area (Å²) in [4.78, 5) is 14.8. The van der Waals surface area contributed by atoms with Crippen LogP contribution in [0.5, 0.6) is 0 Å². The van der Waals surface area contributed by atoms with Crippen molar-refractivity contribution in [2.24, 2.45) is 5.92 Å². The van der Waals surface area contributed by atoms with Crippen molar-refractivity contribution in [2.75, 3.05) is 19.6 Å². The quantitative estimate of drug-likeness (QED) is 0.783. The average molecular weight is 276 g/mol. The molecule has 1 atom stereocenters. The Morgan fingerprint density at radius 2 is 2.15 bits per heavy atom. The number of allylic oxidation sites excluding steroid dienone is 1. The molecule has 3 heteroatoms. The topological polar surface area (TPSA) is 32.3 Å². The Hall–Kier alpha value is -0.830. The monoisotopic (exact) mass is 276 g/mol. The highest BCUT2D eigenvalue weighted by Crippen LogP contribution is 2.30. The van der Waals surface area contributed by atoms with Gasteiger partial charge in [-0.05, 0) is 70.4 Å². The SMILES string of the molecule is O=C(CC1=CCCCC1)N(CC1CCCNC1)C1CC1. The van der Waals surface area contributed by atoms with Gasteiger partial charge in [-0.1, -0.05) is 11.6 Å². The van der Waals surface area contributed by atoms with Crippen molar-refractivity contribution in [1.82, 2.24) is 10.2 Å². The van der Waals surface area contributed by atoms with Gasteiger partial charge in [0.25, 0.3) is 0 Å². The van der Waals surface area contributed by atoms with Crippen LogP contribution in [0.1, 0.15) is 57.8 Å². The third kappa shape index (κ3) is 3.85. The molecule has 2 fully saturated rings. The highest BCUT2D eigenvalue weighted by atomic mass is 16.2. The minimum Gasteiger partial charge on any atom is -0.339 e. The molecule has 1 saturated heterocycles. The Balaban J connectivity index is 1.55. The molecule has 0 aromatic rings. The fourth-order valence-corrected chi connectivity index (χ4v) is 3.56. The van der Waals surface area contributed by atoms with Gasteiger partial charge in [0, 0.05) is 19.0 Å². The van der Waals surface area contributed by atoms with E-state index in [9.17, 15) is 4.79 Å². The lowest BCUT2D eigenvalue weighted by Crippen LogP contribution is -2.42. The lowest BCUT2D eigenvalue weighted by Gasteiger charge is -2.31. The number of hydrogen-bond donors (Lipinski definition) is 1. The number of piperidine rings is 1. The first-order chi connectivity index (χ1) is 9.83. The van der Waals surface area contributed by atoms with Crippen LogP contribution >= 0.6 is 0 Å². The number of nitrogens with one attached hydrogen (secondary N) is 1. The zero-order valence-electron chi connectivity index (χ0n) is 12.6. The molecule has 0 spiro atoms. The summed E-state index contributed by atoms with van der Waals surface area (Å²) in [5, 5.41) is 3.47. The molecule has 3 aliphatic rings. The lowest BCUT2D eigenvalue weighted by molar-refractivity contribution is -0.131. The molecule has 0 radical (unpaired) electrons. The van der Waals surface area contributed by atoms with Crippen LogP contribution in [0, 0.1) is 5.92 Å². The third-order valence-electron chi connectivity index (χ3n) is 4.93. The zero-order chi connectivity index (χ0) is 13.8.